The summed E-state index contributed by atoms with van der Waals surface area (Å²) in [5, 5.41) is 10.7. The van der Waals surface area contributed by atoms with Crippen LogP contribution in [0.4, 0.5) is 11.5 Å². The van der Waals surface area contributed by atoms with Crippen molar-refractivity contribution in [2.75, 3.05) is 5.73 Å². The smallest absolute Gasteiger partial charge is 0.272 e. The van der Waals surface area contributed by atoms with Gasteiger partial charge in [-0.2, -0.15) is 0 Å². The molecule has 6 heteroatoms. The standard InChI is InChI=1S/C12H11N3O3/c1-8-6-9(2-3-11(8)15(16)17)18-10-4-5-14-12(13)7-10/h2-7H,1H3,(H2,13,14). The number of rotatable bonds is 3. The zero-order valence-electron chi connectivity index (χ0n) is 9.66. The summed E-state index contributed by atoms with van der Waals surface area (Å²) < 4.78 is 5.53. The molecule has 0 aliphatic carbocycles. The Bertz CT molecular complexity index is 599. The van der Waals surface area contributed by atoms with Crippen molar-refractivity contribution in [1.29, 1.82) is 0 Å². The summed E-state index contributed by atoms with van der Waals surface area (Å²) in [6, 6.07) is 7.80. The summed E-state index contributed by atoms with van der Waals surface area (Å²) in [6.45, 7) is 1.66. The molecule has 0 bridgehead atoms. The van der Waals surface area contributed by atoms with Crippen LogP contribution in [0.5, 0.6) is 11.5 Å². The van der Waals surface area contributed by atoms with Crippen molar-refractivity contribution in [2.45, 2.75) is 6.92 Å². The molecule has 0 radical (unpaired) electrons. The van der Waals surface area contributed by atoms with E-state index in [0.29, 0.717) is 22.9 Å². The Morgan fingerprint density at radius 1 is 1.28 bits per heavy atom. The topological polar surface area (TPSA) is 91.3 Å². The molecule has 18 heavy (non-hydrogen) atoms. The molecule has 0 aliphatic heterocycles. The number of benzene rings is 1. The maximum atomic E-state index is 10.7. The zero-order valence-corrected chi connectivity index (χ0v) is 9.66. The minimum absolute atomic E-state index is 0.0663. The maximum absolute atomic E-state index is 10.7. The molecule has 2 aromatic rings. The third kappa shape index (κ3) is 2.54. The molecule has 0 aliphatic rings. The molecule has 0 amide bonds. The molecule has 0 saturated heterocycles. The van der Waals surface area contributed by atoms with Crippen molar-refractivity contribution >= 4 is 11.5 Å². The van der Waals surface area contributed by atoms with Crippen LogP contribution in [0.25, 0.3) is 0 Å². The van der Waals surface area contributed by atoms with E-state index in [1.54, 1.807) is 31.2 Å². The highest BCUT2D eigenvalue weighted by Crippen LogP contribution is 2.27. The van der Waals surface area contributed by atoms with E-state index in [1.165, 1.54) is 12.3 Å². The summed E-state index contributed by atoms with van der Waals surface area (Å²) in [6.07, 6.45) is 1.53. The van der Waals surface area contributed by atoms with Gasteiger partial charge in [0.15, 0.2) is 0 Å². The number of nitro benzene ring substituents is 1. The number of nitrogens with two attached hydrogens (primary N) is 1. The molecule has 0 atom stereocenters. The average Bonchev–Trinajstić information content (AvgIpc) is 2.28. The van der Waals surface area contributed by atoms with Gasteiger partial charge in [-0.3, -0.25) is 10.1 Å². The highest BCUT2D eigenvalue weighted by atomic mass is 16.6. The lowest BCUT2D eigenvalue weighted by Crippen LogP contribution is -1.93. The normalized spacial score (nSPS) is 10.1. The number of aryl methyl sites for hydroxylation is 1. The van der Waals surface area contributed by atoms with Crippen LogP contribution in [0.1, 0.15) is 5.56 Å². The molecular formula is C12H11N3O3. The third-order valence-corrected chi connectivity index (χ3v) is 2.35. The minimum Gasteiger partial charge on any atom is -0.457 e. The van der Waals surface area contributed by atoms with E-state index in [2.05, 4.69) is 4.98 Å². The van der Waals surface area contributed by atoms with Gasteiger partial charge in [-0.05, 0) is 25.1 Å². The molecule has 1 heterocycles. The van der Waals surface area contributed by atoms with Crippen LogP contribution in [0.15, 0.2) is 36.5 Å². The first-order chi connectivity index (χ1) is 8.56. The summed E-state index contributed by atoms with van der Waals surface area (Å²) in [5.41, 5.74) is 6.13. The Hall–Kier alpha value is -2.63. The molecule has 2 N–H and O–H groups in total. The molecule has 0 fully saturated rings. The monoisotopic (exact) mass is 245 g/mol. The molecule has 0 saturated carbocycles. The van der Waals surface area contributed by atoms with Crippen LogP contribution in [0.3, 0.4) is 0 Å². The first kappa shape index (κ1) is 11.8. The van der Waals surface area contributed by atoms with Gasteiger partial charge < -0.3 is 10.5 Å². The van der Waals surface area contributed by atoms with Gasteiger partial charge in [-0.15, -0.1) is 0 Å². The SMILES string of the molecule is Cc1cc(Oc2ccnc(N)c2)ccc1[N+](=O)[O-]. The largest absolute Gasteiger partial charge is 0.457 e. The second kappa shape index (κ2) is 4.70. The van der Waals surface area contributed by atoms with E-state index in [1.807, 2.05) is 0 Å². The van der Waals surface area contributed by atoms with Crippen LogP contribution in [0.2, 0.25) is 0 Å². The fourth-order valence-electron chi connectivity index (χ4n) is 1.52. The molecule has 1 aromatic carbocycles. The number of nitrogens with zero attached hydrogens (tertiary/aromatic N) is 2. The second-order valence-corrected chi connectivity index (χ2v) is 3.72. The van der Waals surface area contributed by atoms with E-state index < -0.39 is 4.92 Å². The highest BCUT2D eigenvalue weighted by molar-refractivity contribution is 5.46. The molecular weight excluding hydrogens is 234 g/mol. The average molecular weight is 245 g/mol. The van der Waals surface area contributed by atoms with E-state index in [9.17, 15) is 10.1 Å². The highest BCUT2D eigenvalue weighted by Gasteiger charge is 2.10. The van der Waals surface area contributed by atoms with E-state index in [0.717, 1.165) is 0 Å². The number of nitro groups is 1. The van der Waals surface area contributed by atoms with Crippen LogP contribution in [-0.2, 0) is 0 Å². The Morgan fingerprint density at radius 3 is 2.61 bits per heavy atom. The van der Waals surface area contributed by atoms with Crippen LogP contribution in [0, 0.1) is 17.0 Å². The van der Waals surface area contributed by atoms with Crippen LogP contribution in [-0.4, -0.2) is 9.91 Å². The van der Waals surface area contributed by atoms with Gasteiger partial charge in [-0.25, -0.2) is 4.98 Å². The number of nitrogen functional groups attached to an aromatic ring is 1. The van der Waals surface area contributed by atoms with Gasteiger partial charge in [-0.1, -0.05) is 0 Å². The molecule has 0 spiro atoms. The van der Waals surface area contributed by atoms with Crippen molar-refractivity contribution in [3.8, 4) is 11.5 Å². The molecule has 6 nitrogen and oxygen atoms in total. The summed E-state index contributed by atoms with van der Waals surface area (Å²) >= 11 is 0. The van der Waals surface area contributed by atoms with Crippen molar-refractivity contribution in [2.24, 2.45) is 0 Å². The van der Waals surface area contributed by atoms with Crippen LogP contribution >= 0.6 is 0 Å². The molecule has 92 valence electrons. The van der Waals surface area contributed by atoms with Gasteiger partial charge in [0.2, 0.25) is 0 Å². The predicted octanol–water partition coefficient (Wildman–Crippen LogP) is 2.67. The fraction of sp³-hybridized carbons (Fsp3) is 0.0833. The van der Waals surface area contributed by atoms with Crippen LogP contribution < -0.4 is 10.5 Å². The molecule has 0 unspecified atom stereocenters. The Morgan fingerprint density at radius 2 is 2.00 bits per heavy atom. The number of hydrogen-bond donors (Lipinski definition) is 1. The molecule has 2 rings (SSSR count). The van der Waals surface area contributed by atoms with Crippen molar-refractivity contribution in [3.05, 3.63) is 52.2 Å². The minimum atomic E-state index is -0.427. The first-order valence-corrected chi connectivity index (χ1v) is 5.20. The maximum Gasteiger partial charge on any atom is 0.272 e. The predicted molar refractivity (Wildman–Crippen MR) is 66.6 cm³/mol. The number of pyridine rings is 1. The lowest BCUT2D eigenvalue weighted by atomic mass is 10.2. The zero-order chi connectivity index (χ0) is 13.1. The number of anilines is 1. The quantitative estimate of drug-likeness (QED) is 0.663. The number of aromatic nitrogens is 1. The van der Waals surface area contributed by atoms with Gasteiger partial charge in [0.05, 0.1) is 4.92 Å². The van der Waals surface area contributed by atoms with Crippen molar-refractivity contribution in [1.82, 2.24) is 4.98 Å². The summed E-state index contributed by atoms with van der Waals surface area (Å²) in [7, 11) is 0. The van der Waals surface area contributed by atoms with Gasteiger partial charge >= 0.3 is 0 Å². The lowest BCUT2D eigenvalue weighted by molar-refractivity contribution is -0.385. The lowest BCUT2D eigenvalue weighted by Gasteiger charge is -2.06. The van der Waals surface area contributed by atoms with Gasteiger partial charge in [0.25, 0.3) is 5.69 Å². The second-order valence-electron chi connectivity index (χ2n) is 3.72. The number of ether oxygens (including phenoxy) is 1. The Labute approximate surface area is 103 Å². The first-order valence-electron chi connectivity index (χ1n) is 5.20. The Balaban J connectivity index is 2.25. The van der Waals surface area contributed by atoms with E-state index >= 15 is 0 Å². The van der Waals surface area contributed by atoms with Gasteiger partial charge in [0, 0.05) is 23.9 Å². The van der Waals surface area contributed by atoms with E-state index in [4.69, 9.17) is 10.5 Å². The van der Waals surface area contributed by atoms with E-state index in [-0.39, 0.29) is 5.69 Å². The summed E-state index contributed by atoms with van der Waals surface area (Å²) in [5.74, 6) is 1.41. The Kier molecular flexibility index (Phi) is 3.09. The van der Waals surface area contributed by atoms with Crippen molar-refractivity contribution < 1.29 is 9.66 Å². The third-order valence-electron chi connectivity index (χ3n) is 2.35. The fourth-order valence-corrected chi connectivity index (χ4v) is 1.52. The van der Waals surface area contributed by atoms with Gasteiger partial charge in [0.1, 0.15) is 17.3 Å². The number of hydrogen-bond acceptors (Lipinski definition) is 5. The van der Waals surface area contributed by atoms with Crippen molar-refractivity contribution in [3.63, 3.8) is 0 Å². The summed E-state index contributed by atoms with van der Waals surface area (Å²) in [4.78, 5) is 14.1. The molecule has 1 aromatic heterocycles.